The van der Waals surface area contributed by atoms with Gasteiger partial charge in [0.25, 0.3) is 0 Å². The van der Waals surface area contributed by atoms with Gasteiger partial charge in [0.2, 0.25) is 0 Å². The van der Waals surface area contributed by atoms with Crippen molar-refractivity contribution in [2.75, 3.05) is 0 Å². The minimum absolute atomic E-state index is 0.135. The van der Waals surface area contributed by atoms with Crippen LogP contribution in [-0.4, -0.2) is 5.52 Å². The van der Waals surface area contributed by atoms with Gasteiger partial charge in [0.05, 0.1) is 5.56 Å². The second kappa shape index (κ2) is 5.90. The van der Waals surface area contributed by atoms with Crippen LogP contribution in [0.5, 0.6) is 0 Å². The van der Waals surface area contributed by atoms with E-state index >= 15 is 0 Å². The molecule has 1 nitrogen and oxygen atoms in total. The van der Waals surface area contributed by atoms with Crippen molar-refractivity contribution >= 4 is 51.3 Å². The number of halogens is 2. The van der Waals surface area contributed by atoms with Gasteiger partial charge in [0.1, 0.15) is 0 Å². The summed E-state index contributed by atoms with van der Waals surface area (Å²) in [6.45, 7) is 0. The van der Waals surface area contributed by atoms with Gasteiger partial charge in [0, 0.05) is 8.95 Å². The summed E-state index contributed by atoms with van der Waals surface area (Å²) in [7, 11) is 0.150. The third kappa shape index (κ3) is 3.25. The Bertz CT molecular complexity index is 520. The Balaban J connectivity index is 2.27. The third-order valence-electron chi connectivity index (χ3n) is 2.22. The van der Waals surface area contributed by atoms with Gasteiger partial charge >= 0.3 is 0 Å². The highest BCUT2D eigenvalue weighted by Crippen LogP contribution is 2.30. The standard InChI is InChI=1S/C13H9Br2OP/c14-10-7-4-8-11(15)12(10)13(16)17-9-5-2-1-3-6-9/h1-8,17H. The minimum atomic E-state index is 0.135. The van der Waals surface area contributed by atoms with E-state index in [0.717, 1.165) is 19.8 Å². The van der Waals surface area contributed by atoms with Crippen molar-refractivity contribution in [2.24, 2.45) is 0 Å². The van der Waals surface area contributed by atoms with Crippen LogP contribution in [0.2, 0.25) is 0 Å². The van der Waals surface area contributed by atoms with E-state index in [1.54, 1.807) is 0 Å². The predicted octanol–water partition coefficient (Wildman–Crippen LogP) is 4.36. The highest BCUT2D eigenvalue weighted by molar-refractivity contribution is 9.11. The predicted molar refractivity (Wildman–Crippen MR) is 80.6 cm³/mol. The Morgan fingerprint density at radius 3 is 2.06 bits per heavy atom. The Morgan fingerprint density at radius 2 is 1.47 bits per heavy atom. The summed E-state index contributed by atoms with van der Waals surface area (Å²) in [6, 6.07) is 15.5. The van der Waals surface area contributed by atoms with Crippen LogP contribution in [0, 0.1) is 0 Å². The fourth-order valence-electron chi connectivity index (χ4n) is 1.43. The summed E-state index contributed by atoms with van der Waals surface area (Å²) in [5.41, 5.74) is 0.852. The second-order valence-electron chi connectivity index (χ2n) is 3.42. The molecule has 0 saturated carbocycles. The molecule has 2 rings (SSSR count). The number of hydrogen-bond donors (Lipinski definition) is 0. The van der Waals surface area contributed by atoms with E-state index < -0.39 is 0 Å². The van der Waals surface area contributed by atoms with Crippen LogP contribution in [0.1, 0.15) is 10.4 Å². The molecule has 1 unspecified atom stereocenters. The summed E-state index contributed by atoms with van der Waals surface area (Å²) in [5, 5.41) is 1.06. The lowest BCUT2D eigenvalue weighted by atomic mass is 10.2. The first-order valence-electron chi connectivity index (χ1n) is 4.99. The van der Waals surface area contributed by atoms with Crippen molar-refractivity contribution in [3.63, 3.8) is 0 Å². The van der Waals surface area contributed by atoms with Crippen molar-refractivity contribution < 1.29 is 4.79 Å². The molecule has 17 heavy (non-hydrogen) atoms. The fourth-order valence-corrected chi connectivity index (χ4v) is 4.17. The zero-order valence-electron chi connectivity index (χ0n) is 8.78. The number of benzene rings is 2. The summed E-state index contributed by atoms with van der Waals surface area (Å²) < 4.78 is 1.67. The molecule has 0 fully saturated rings. The van der Waals surface area contributed by atoms with Gasteiger partial charge in [0.15, 0.2) is 5.52 Å². The Hall–Kier alpha value is -0.500. The van der Waals surface area contributed by atoms with Gasteiger partial charge < -0.3 is 0 Å². The molecule has 2 aromatic carbocycles. The van der Waals surface area contributed by atoms with Gasteiger partial charge in [-0.25, -0.2) is 0 Å². The second-order valence-corrected chi connectivity index (χ2v) is 6.41. The smallest absolute Gasteiger partial charge is 0.187 e. The fraction of sp³-hybridized carbons (Fsp3) is 0. The largest absolute Gasteiger partial charge is 0.289 e. The molecule has 0 heterocycles. The maximum atomic E-state index is 12.2. The van der Waals surface area contributed by atoms with Gasteiger partial charge in [-0.2, -0.15) is 0 Å². The lowest BCUT2D eigenvalue weighted by Crippen LogP contribution is -2.01. The molecule has 1 atom stereocenters. The average molecular weight is 372 g/mol. The molecule has 0 saturated heterocycles. The number of carbonyl (C=O) groups is 1. The molecule has 4 heteroatoms. The molecule has 0 aliphatic heterocycles. The molecule has 2 aromatic rings. The lowest BCUT2D eigenvalue weighted by molar-refractivity contribution is 0.108. The molecule has 0 aliphatic rings. The Morgan fingerprint density at radius 1 is 0.882 bits per heavy atom. The van der Waals surface area contributed by atoms with Gasteiger partial charge in [-0.3, -0.25) is 4.79 Å². The van der Waals surface area contributed by atoms with Crippen LogP contribution in [0.4, 0.5) is 0 Å². The number of rotatable bonds is 3. The van der Waals surface area contributed by atoms with Gasteiger partial charge in [-0.05, 0) is 57.9 Å². The molecule has 0 spiro atoms. The van der Waals surface area contributed by atoms with E-state index in [1.165, 1.54) is 0 Å². The number of carbonyl (C=O) groups excluding carboxylic acids is 1. The molecule has 0 radical (unpaired) electrons. The summed E-state index contributed by atoms with van der Waals surface area (Å²) in [4.78, 5) is 12.2. The highest BCUT2D eigenvalue weighted by Gasteiger charge is 2.13. The molecule has 86 valence electrons. The van der Waals surface area contributed by atoms with E-state index in [9.17, 15) is 4.79 Å². The summed E-state index contributed by atoms with van der Waals surface area (Å²) in [5.74, 6) is 0. The maximum Gasteiger partial charge on any atom is 0.187 e. The van der Waals surface area contributed by atoms with E-state index in [-0.39, 0.29) is 14.1 Å². The molecular weight excluding hydrogens is 363 g/mol. The van der Waals surface area contributed by atoms with E-state index in [4.69, 9.17) is 0 Å². The van der Waals surface area contributed by atoms with Crippen LogP contribution in [0.25, 0.3) is 0 Å². The third-order valence-corrected chi connectivity index (χ3v) is 4.64. The van der Waals surface area contributed by atoms with E-state index in [2.05, 4.69) is 31.9 Å². The Labute approximate surface area is 119 Å². The van der Waals surface area contributed by atoms with E-state index in [0.29, 0.717) is 0 Å². The lowest BCUT2D eigenvalue weighted by Gasteiger charge is -2.06. The maximum absolute atomic E-state index is 12.2. The highest BCUT2D eigenvalue weighted by atomic mass is 79.9. The SMILES string of the molecule is O=C(Pc1ccccc1)c1c(Br)cccc1Br. The van der Waals surface area contributed by atoms with Crippen LogP contribution < -0.4 is 5.30 Å². The molecule has 0 bridgehead atoms. The topological polar surface area (TPSA) is 17.1 Å². The molecule has 0 aromatic heterocycles. The van der Waals surface area contributed by atoms with Crippen LogP contribution in [0.15, 0.2) is 57.5 Å². The van der Waals surface area contributed by atoms with Crippen molar-refractivity contribution in [1.29, 1.82) is 0 Å². The average Bonchev–Trinajstić information content (AvgIpc) is 2.30. The normalized spacial score (nSPS) is 10.9. The first-order valence-corrected chi connectivity index (χ1v) is 7.57. The van der Waals surface area contributed by atoms with Crippen LogP contribution >= 0.6 is 40.4 Å². The zero-order chi connectivity index (χ0) is 12.3. The zero-order valence-corrected chi connectivity index (χ0v) is 13.0. The Kier molecular flexibility index (Phi) is 4.49. The van der Waals surface area contributed by atoms with Crippen LogP contribution in [-0.2, 0) is 0 Å². The molecule has 0 amide bonds. The van der Waals surface area contributed by atoms with Crippen molar-refractivity contribution in [3.8, 4) is 0 Å². The molecule has 0 N–H and O–H groups in total. The summed E-state index contributed by atoms with van der Waals surface area (Å²) in [6.07, 6.45) is 0. The van der Waals surface area contributed by atoms with Crippen molar-refractivity contribution in [1.82, 2.24) is 0 Å². The quantitative estimate of drug-likeness (QED) is 0.733. The molecular formula is C13H9Br2OP. The minimum Gasteiger partial charge on any atom is -0.289 e. The first-order chi connectivity index (χ1) is 8.18. The monoisotopic (exact) mass is 370 g/mol. The van der Waals surface area contributed by atoms with E-state index in [1.807, 2.05) is 48.5 Å². The van der Waals surface area contributed by atoms with Crippen molar-refractivity contribution in [2.45, 2.75) is 0 Å². The first kappa shape index (κ1) is 12.9. The number of hydrogen-bond acceptors (Lipinski definition) is 1. The van der Waals surface area contributed by atoms with Gasteiger partial charge in [-0.1, -0.05) is 36.4 Å². The molecule has 0 aliphatic carbocycles. The van der Waals surface area contributed by atoms with Crippen LogP contribution in [0.3, 0.4) is 0 Å². The van der Waals surface area contributed by atoms with Crippen molar-refractivity contribution in [3.05, 3.63) is 63.0 Å². The van der Waals surface area contributed by atoms with Gasteiger partial charge in [-0.15, -0.1) is 0 Å². The summed E-state index contributed by atoms with van der Waals surface area (Å²) >= 11 is 6.83.